The molecule has 10 heteroatoms. The van der Waals surface area contributed by atoms with E-state index >= 15 is 0 Å². The molecule has 1 N–H and O–H groups in total. The number of carbonyl (C=O) groups is 1. The van der Waals surface area contributed by atoms with E-state index in [1.165, 1.54) is 29.0 Å². The van der Waals surface area contributed by atoms with Crippen LogP contribution in [0.25, 0.3) is 11.0 Å². The highest BCUT2D eigenvalue weighted by atomic mass is 32.1. The lowest BCUT2D eigenvalue weighted by Gasteiger charge is -2.25. The van der Waals surface area contributed by atoms with Gasteiger partial charge in [-0.15, -0.1) is 11.3 Å². The first-order chi connectivity index (χ1) is 15.9. The Kier molecular flexibility index (Phi) is 5.63. The Labute approximate surface area is 191 Å². The molecular weight excluding hydrogens is 451 g/mol. The van der Waals surface area contributed by atoms with Gasteiger partial charge in [-0.2, -0.15) is 13.2 Å². The molecule has 1 aliphatic heterocycles. The highest BCUT2D eigenvalue weighted by Gasteiger charge is 2.38. The molecular formula is C23H20F3N5OS. The van der Waals surface area contributed by atoms with Gasteiger partial charge in [-0.3, -0.25) is 9.69 Å². The summed E-state index contributed by atoms with van der Waals surface area (Å²) in [4.78, 5) is 24.2. The third-order valence-electron chi connectivity index (χ3n) is 5.52. The van der Waals surface area contributed by atoms with E-state index in [0.29, 0.717) is 5.13 Å². The predicted molar refractivity (Wildman–Crippen MR) is 120 cm³/mol. The quantitative estimate of drug-likeness (QED) is 0.458. The molecule has 170 valence electrons. The lowest BCUT2D eigenvalue weighted by Crippen LogP contribution is -2.29. The van der Waals surface area contributed by atoms with E-state index in [1.807, 2.05) is 18.2 Å². The highest BCUT2D eigenvalue weighted by molar-refractivity contribution is 7.15. The summed E-state index contributed by atoms with van der Waals surface area (Å²) in [5.41, 5.74) is 2.62. The average molecular weight is 472 g/mol. The molecule has 0 saturated heterocycles. The Morgan fingerprint density at radius 3 is 2.61 bits per heavy atom. The minimum absolute atomic E-state index is 0.195. The minimum atomic E-state index is -4.66. The number of carbonyl (C=O) groups excluding carboxylic acids is 1. The van der Waals surface area contributed by atoms with Crippen molar-refractivity contribution in [3.63, 3.8) is 0 Å². The summed E-state index contributed by atoms with van der Waals surface area (Å²) in [5.74, 6) is -1.66. The summed E-state index contributed by atoms with van der Waals surface area (Å²) < 4.78 is 41.3. The smallest absolute Gasteiger partial charge is 0.311 e. The summed E-state index contributed by atoms with van der Waals surface area (Å²) in [6.07, 6.45) is -3.90. The number of anilines is 1. The molecule has 0 fully saturated rings. The topological polar surface area (TPSA) is 63.1 Å². The number of hydrogen-bond donors (Lipinski definition) is 1. The molecule has 4 aromatic rings. The normalized spacial score (nSPS) is 14.4. The number of nitrogens with one attached hydrogen (secondary N) is 1. The molecule has 0 spiro atoms. The molecule has 5 rings (SSSR count). The SMILES string of the molecule is O=C(Cn1c(C(F)(F)F)nc2ccccc21)Nc1nc2c(s1)CN(Cc1ccccc1)CC2. The number of benzene rings is 2. The van der Waals surface area contributed by atoms with E-state index in [2.05, 4.69) is 32.3 Å². The van der Waals surface area contributed by atoms with Crippen LogP contribution in [-0.4, -0.2) is 31.9 Å². The van der Waals surface area contributed by atoms with Crippen molar-refractivity contribution in [3.05, 3.63) is 76.6 Å². The lowest BCUT2D eigenvalue weighted by molar-refractivity contribution is -0.147. The van der Waals surface area contributed by atoms with Crippen LogP contribution in [0.15, 0.2) is 54.6 Å². The average Bonchev–Trinajstić information content (AvgIpc) is 3.35. The van der Waals surface area contributed by atoms with Crippen LogP contribution < -0.4 is 5.32 Å². The third-order valence-corrected chi connectivity index (χ3v) is 6.51. The second-order valence-electron chi connectivity index (χ2n) is 7.89. The molecule has 0 atom stereocenters. The molecule has 2 aromatic carbocycles. The monoisotopic (exact) mass is 471 g/mol. The Hall–Kier alpha value is -3.24. The fraction of sp³-hybridized carbons (Fsp3) is 0.261. The van der Waals surface area contributed by atoms with Crippen LogP contribution in [-0.2, 0) is 37.0 Å². The van der Waals surface area contributed by atoms with Gasteiger partial charge in [0.1, 0.15) is 6.54 Å². The van der Waals surface area contributed by atoms with Crippen LogP contribution in [0.4, 0.5) is 18.3 Å². The molecule has 0 aliphatic carbocycles. The fourth-order valence-corrected chi connectivity index (χ4v) is 5.10. The van der Waals surface area contributed by atoms with Gasteiger partial charge in [0.05, 0.1) is 16.7 Å². The number of alkyl halides is 3. The van der Waals surface area contributed by atoms with Gasteiger partial charge in [0.25, 0.3) is 0 Å². The van der Waals surface area contributed by atoms with Gasteiger partial charge in [-0.05, 0) is 17.7 Å². The molecule has 0 bridgehead atoms. The fourth-order valence-electron chi connectivity index (χ4n) is 4.03. The first kappa shape index (κ1) is 21.6. The van der Waals surface area contributed by atoms with E-state index in [9.17, 15) is 18.0 Å². The van der Waals surface area contributed by atoms with Crippen molar-refractivity contribution in [2.45, 2.75) is 32.2 Å². The molecule has 1 aliphatic rings. The van der Waals surface area contributed by atoms with Gasteiger partial charge < -0.3 is 9.88 Å². The third kappa shape index (κ3) is 4.62. The number of rotatable bonds is 5. The van der Waals surface area contributed by atoms with Gasteiger partial charge in [0.15, 0.2) is 5.13 Å². The van der Waals surface area contributed by atoms with E-state index in [0.717, 1.165) is 41.2 Å². The van der Waals surface area contributed by atoms with Crippen molar-refractivity contribution < 1.29 is 18.0 Å². The van der Waals surface area contributed by atoms with Gasteiger partial charge in [-0.25, -0.2) is 9.97 Å². The number of nitrogens with zero attached hydrogens (tertiary/aromatic N) is 4. The number of imidazole rings is 1. The summed E-state index contributed by atoms with van der Waals surface area (Å²) in [5, 5.41) is 3.09. The van der Waals surface area contributed by atoms with Crippen molar-refractivity contribution in [1.29, 1.82) is 0 Å². The lowest BCUT2D eigenvalue weighted by atomic mass is 10.1. The molecule has 0 saturated carbocycles. The van der Waals surface area contributed by atoms with Gasteiger partial charge >= 0.3 is 6.18 Å². The summed E-state index contributed by atoms with van der Waals surface area (Å²) in [7, 11) is 0. The van der Waals surface area contributed by atoms with Crippen LogP contribution in [0.5, 0.6) is 0 Å². The van der Waals surface area contributed by atoms with Crippen molar-refractivity contribution in [2.75, 3.05) is 11.9 Å². The number of amides is 1. The maximum Gasteiger partial charge on any atom is 0.449 e. The number of para-hydroxylation sites is 2. The Bertz CT molecular complexity index is 1300. The Morgan fingerprint density at radius 2 is 1.82 bits per heavy atom. The maximum atomic E-state index is 13.5. The van der Waals surface area contributed by atoms with Crippen molar-refractivity contribution >= 4 is 33.4 Å². The summed E-state index contributed by atoms with van der Waals surface area (Å²) in [6, 6.07) is 16.4. The predicted octanol–water partition coefficient (Wildman–Crippen LogP) is 4.71. The van der Waals surface area contributed by atoms with Crippen LogP contribution in [0.3, 0.4) is 0 Å². The van der Waals surface area contributed by atoms with Crippen LogP contribution in [0.1, 0.15) is 22.0 Å². The molecule has 0 radical (unpaired) electrons. The summed E-state index contributed by atoms with van der Waals surface area (Å²) in [6.45, 7) is 1.91. The number of halogens is 3. The van der Waals surface area contributed by atoms with Gasteiger partial charge in [0.2, 0.25) is 11.7 Å². The van der Waals surface area contributed by atoms with Crippen molar-refractivity contribution in [1.82, 2.24) is 19.4 Å². The van der Waals surface area contributed by atoms with E-state index in [-0.39, 0.29) is 11.0 Å². The molecule has 3 heterocycles. The Balaban J connectivity index is 1.30. The van der Waals surface area contributed by atoms with Crippen molar-refractivity contribution in [2.24, 2.45) is 0 Å². The molecule has 2 aromatic heterocycles. The molecule has 0 unspecified atom stereocenters. The minimum Gasteiger partial charge on any atom is -0.311 e. The Morgan fingerprint density at radius 1 is 1.06 bits per heavy atom. The van der Waals surface area contributed by atoms with Gasteiger partial charge in [0, 0.05) is 30.9 Å². The first-order valence-electron chi connectivity index (χ1n) is 10.4. The number of aromatic nitrogens is 3. The highest BCUT2D eigenvalue weighted by Crippen LogP contribution is 2.32. The van der Waals surface area contributed by atoms with E-state index in [4.69, 9.17) is 0 Å². The van der Waals surface area contributed by atoms with Crippen molar-refractivity contribution in [3.8, 4) is 0 Å². The van der Waals surface area contributed by atoms with Crippen LogP contribution in [0.2, 0.25) is 0 Å². The van der Waals surface area contributed by atoms with Gasteiger partial charge in [-0.1, -0.05) is 42.5 Å². The standard InChI is InChI=1S/C23H20F3N5OS/c24-23(25,26)21-27-16-8-4-5-9-18(16)31(21)14-20(32)29-22-28-17-10-11-30(13-19(17)33-22)12-15-6-2-1-3-7-15/h1-9H,10-14H2,(H,28,29,32). The first-order valence-corrected chi connectivity index (χ1v) is 11.3. The molecule has 1 amide bonds. The largest absolute Gasteiger partial charge is 0.449 e. The second-order valence-corrected chi connectivity index (χ2v) is 8.97. The van der Waals surface area contributed by atoms with Crippen LogP contribution >= 0.6 is 11.3 Å². The maximum absolute atomic E-state index is 13.5. The van der Waals surface area contributed by atoms with E-state index < -0.39 is 24.5 Å². The number of hydrogen-bond acceptors (Lipinski definition) is 5. The number of thiazole rings is 1. The van der Waals surface area contributed by atoms with Crippen LogP contribution in [0, 0.1) is 0 Å². The molecule has 6 nitrogen and oxygen atoms in total. The molecule has 33 heavy (non-hydrogen) atoms. The summed E-state index contributed by atoms with van der Waals surface area (Å²) >= 11 is 1.37. The second kappa shape index (κ2) is 8.60. The zero-order valence-corrected chi connectivity index (χ0v) is 18.3. The zero-order valence-electron chi connectivity index (χ0n) is 17.5. The zero-order chi connectivity index (χ0) is 23.0. The van der Waals surface area contributed by atoms with E-state index in [1.54, 1.807) is 12.1 Å². The number of fused-ring (bicyclic) bond motifs is 2.